The van der Waals surface area contributed by atoms with E-state index in [-0.39, 0.29) is 28.2 Å². The van der Waals surface area contributed by atoms with E-state index in [1.165, 1.54) is 12.1 Å². The molecule has 0 spiro atoms. The molecule has 1 aromatic rings. The molecule has 2 rings (SSSR count). The minimum absolute atomic E-state index is 0.0313. The molecule has 6 nitrogen and oxygen atoms in total. The van der Waals surface area contributed by atoms with Crippen LogP contribution in [0.25, 0.3) is 0 Å². The largest absolute Gasteiger partial charge is 0.459 e. The number of carbonyl (C=O) groups is 1. The molecule has 1 aliphatic heterocycles. The Hall–Kier alpha value is -1.15. The standard InChI is InChI=1S/C12H14ClNO5S/c13-11-4-3-9(20(14,16)17)6-10(11)12(15)19-7-8-2-1-5-18-8/h3-4,6,8H,1-2,5,7H2,(H2,14,16,17)/t8-/m0/s1. The lowest BCUT2D eigenvalue weighted by Gasteiger charge is -2.11. The van der Waals surface area contributed by atoms with E-state index in [2.05, 4.69) is 0 Å². The molecule has 0 aliphatic carbocycles. The smallest absolute Gasteiger partial charge is 0.339 e. The van der Waals surface area contributed by atoms with Crippen molar-refractivity contribution in [1.29, 1.82) is 0 Å². The van der Waals surface area contributed by atoms with Crippen molar-refractivity contribution in [3.05, 3.63) is 28.8 Å². The van der Waals surface area contributed by atoms with E-state index in [1.54, 1.807) is 0 Å². The summed E-state index contributed by atoms with van der Waals surface area (Å²) in [4.78, 5) is 11.7. The van der Waals surface area contributed by atoms with Gasteiger partial charge in [0.1, 0.15) is 6.61 Å². The number of sulfonamides is 1. The van der Waals surface area contributed by atoms with Crippen LogP contribution in [-0.2, 0) is 19.5 Å². The van der Waals surface area contributed by atoms with Crippen LogP contribution in [0.15, 0.2) is 23.1 Å². The second-order valence-corrected chi connectivity index (χ2v) is 6.39. The summed E-state index contributed by atoms with van der Waals surface area (Å²) >= 11 is 5.87. The summed E-state index contributed by atoms with van der Waals surface area (Å²) in [5.41, 5.74) is -0.0313. The zero-order valence-corrected chi connectivity index (χ0v) is 12.1. The second kappa shape index (κ2) is 6.09. The third-order valence-corrected chi connectivity index (χ3v) is 4.15. The van der Waals surface area contributed by atoms with E-state index in [4.69, 9.17) is 26.2 Å². The Bertz CT molecular complexity index is 610. The lowest BCUT2D eigenvalue weighted by atomic mass is 10.2. The second-order valence-electron chi connectivity index (χ2n) is 4.42. The number of esters is 1. The van der Waals surface area contributed by atoms with Crippen LogP contribution in [-0.4, -0.2) is 33.7 Å². The predicted octanol–water partition coefficient (Wildman–Crippen LogP) is 1.32. The Balaban J connectivity index is 2.12. The molecule has 1 atom stereocenters. The fraction of sp³-hybridized carbons (Fsp3) is 0.417. The SMILES string of the molecule is NS(=O)(=O)c1ccc(Cl)c(C(=O)OC[C@@H]2CCCO2)c1. The lowest BCUT2D eigenvalue weighted by Crippen LogP contribution is -2.19. The van der Waals surface area contributed by atoms with Crippen molar-refractivity contribution in [3.8, 4) is 0 Å². The van der Waals surface area contributed by atoms with E-state index < -0.39 is 16.0 Å². The number of nitrogens with two attached hydrogens (primary N) is 1. The van der Waals surface area contributed by atoms with E-state index in [1.807, 2.05) is 0 Å². The zero-order valence-electron chi connectivity index (χ0n) is 10.5. The normalized spacial score (nSPS) is 19.0. The average Bonchev–Trinajstić information content (AvgIpc) is 2.88. The molecule has 0 saturated carbocycles. The van der Waals surface area contributed by atoms with Gasteiger partial charge in [0.2, 0.25) is 10.0 Å². The molecule has 0 aromatic heterocycles. The quantitative estimate of drug-likeness (QED) is 0.844. The topological polar surface area (TPSA) is 95.7 Å². The first-order valence-corrected chi connectivity index (χ1v) is 7.91. The molecule has 0 bridgehead atoms. The summed E-state index contributed by atoms with van der Waals surface area (Å²) in [6.45, 7) is 0.776. The fourth-order valence-corrected chi connectivity index (χ4v) is 2.59. The lowest BCUT2D eigenvalue weighted by molar-refractivity contribution is 0.0161. The van der Waals surface area contributed by atoms with Gasteiger partial charge in [-0.25, -0.2) is 18.4 Å². The highest BCUT2D eigenvalue weighted by atomic mass is 35.5. The molecular weight excluding hydrogens is 306 g/mol. The Morgan fingerprint density at radius 1 is 1.50 bits per heavy atom. The van der Waals surface area contributed by atoms with Crippen LogP contribution >= 0.6 is 11.6 Å². The highest BCUT2D eigenvalue weighted by molar-refractivity contribution is 7.89. The van der Waals surface area contributed by atoms with Gasteiger partial charge in [-0.1, -0.05) is 11.6 Å². The van der Waals surface area contributed by atoms with Gasteiger partial charge in [0, 0.05) is 6.61 Å². The molecule has 0 amide bonds. The first-order chi connectivity index (χ1) is 9.38. The van der Waals surface area contributed by atoms with Crippen molar-refractivity contribution in [3.63, 3.8) is 0 Å². The Morgan fingerprint density at radius 3 is 2.85 bits per heavy atom. The van der Waals surface area contributed by atoms with Crippen LogP contribution < -0.4 is 5.14 Å². The third kappa shape index (κ3) is 3.69. The van der Waals surface area contributed by atoms with Crippen molar-refractivity contribution in [1.82, 2.24) is 0 Å². The number of hydrogen-bond donors (Lipinski definition) is 1. The van der Waals surface area contributed by atoms with Gasteiger partial charge >= 0.3 is 5.97 Å². The van der Waals surface area contributed by atoms with Crippen molar-refractivity contribution in [2.24, 2.45) is 5.14 Å². The maximum absolute atomic E-state index is 11.9. The number of hydrogen-bond acceptors (Lipinski definition) is 5. The van der Waals surface area contributed by atoms with Crippen LogP contribution in [0.5, 0.6) is 0 Å². The molecular formula is C12H14ClNO5S. The molecule has 0 unspecified atom stereocenters. The maximum Gasteiger partial charge on any atom is 0.339 e. The summed E-state index contributed by atoms with van der Waals surface area (Å²) in [5.74, 6) is -0.698. The van der Waals surface area contributed by atoms with Gasteiger partial charge in [0.15, 0.2) is 0 Å². The predicted molar refractivity (Wildman–Crippen MR) is 72.1 cm³/mol. The van der Waals surface area contributed by atoms with Gasteiger partial charge in [0.25, 0.3) is 0 Å². The first-order valence-electron chi connectivity index (χ1n) is 5.99. The average molecular weight is 320 g/mol. The Morgan fingerprint density at radius 2 is 2.25 bits per heavy atom. The summed E-state index contributed by atoms with van der Waals surface area (Å²) in [6, 6.07) is 3.63. The molecule has 1 aliphatic rings. The third-order valence-electron chi connectivity index (χ3n) is 2.91. The highest BCUT2D eigenvalue weighted by Crippen LogP contribution is 2.21. The molecule has 110 valence electrons. The highest BCUT2D eigenvalue weighted by Gasteiger charge is 2.20. The molecule has 1 fully saturated rings. The van der Waals surface area contributed by atoms with Crippen molar-refractivity contribution in [2.75, 3.05) is 13.2 Å². The molecule has 1 heterocycles. The van der Waals surface area contributed by atoms with Crippen molar-refractivity contribution in [2.45, 2.75) is 23.8 Å². The monoisotopic (exact) mass is 319 g/mol. The van der Waals surface area contributed by atoms with E-state index in [0.717, 1.165) is 18.9 Å². The number of rotatable bonds is 4. The van der Waals surface area contributed by atoms with Crippen LogP contribution in [0.2, 0.25) is 5.02 Å². The van der Waals surface area contributed by atoms with Crippen LogP contribution in [0, 0.1) is 0 Å². The Kier molecular flexibility index (Phi) is 4.64. The van der Waals surface area contributed by atoms with Crippen molar-refractivity contribution < 1.29 is 22.7 Å². The molecule has 2 N–H and O–H groups in total. The summed E-state index contributed by atoms with van der Waals surface area (Å²) in [7, 11) is -3.90. The van der Waals surface area contributed by atoms with E-state index >= 15 is 0 Å². The maximum atomic E-state index is 11.9. The van der Waals surface area contributed by atoms with Crippen molar-refractivity contribution >= 4 is 27.6 Å². The summed E-state index contributed by atoms with van der Waals surface area (Å²) in [6.07, 6.45) is 1.65. The van der Waals surface area contributed by atoms with Crippen LogP contribution in [0.1, 0.15) is 23.2 Å². The summed E-state index contributed by atoms with van der Waals surface area (Å²) < 4.78 is 32.9. The Labute approximate surface area is 121 Å². The number of halogens is 1. The minimum Gasteiger partial charge on any atom is -0.459 e. The van der Waals surface area contributed by atoms with Crippen LogP contribution in [0.3, 0.4) is 0 Å². The number of primary sulfonamides is 1. The molecule has 1 aromatic carbocycles. The van der Waals surface area contributed by atoms with Gasteiger partial charge in [-0.2, -0.15) is 0 Å². The van der Waals surface area contributed by atoms with Gasteiger partial charge in [-0.05, 0) is 31.0 Å². The van der Waals surface area contributed by atoms with Crippen LogP contribution in [0.4, 0.5) is 0 Å². The number of benzene rings is 1. The van der Waals surface area contributed by atoms with E-state index in [9.17, 15) is 13.2 Å². The van der Waals surface area contributed by atoms with Gasteiger partial charge in [-0.3, -0.25) is 0 Å². The summed E-state index contributed by atoms with van der Waals surface area (Å²) in [5, 5.41) is 5.11. The molecule has 20 heavy (non-hydrogen) atoms. The number of ether oxygens (including phenoxy) is 2. The molecule has 0 radical (unpaired) electrons. The molecule has 1 saturated heterocycles. The number of carbonyl (C=O) groups excluding carboxylic acids is 1. The fourth-order valence-electron chi connectivity index (χ4n) is 1.86. The van der Waals surface area contributed by atoms with E-state index in [0.29, 0.717) is 6.61 Å². The molecule has 8 heteroatoms. The van der Waals surface area contributed by atoms with Gasteiger partial charge < -0.3 is 9.47 Å². The van der Waals surface area contributed by atoms with Gasteiger partial charge in [-0.15, -0.1) is 0 Å². The first kappa shape index (κ1) is 15.2. The minimum atomic E-state index is -3.90. The van der Waals surface area contributed by atoms with Gasteiger partial charge in [0.05, 0.1) is 21.6 Å². The zero-order chi connectivity index (χ0) is 14.8.